The zero-order chi connectivity index (χ0) is 17.2. The number of halogens is 1. The highest BCUT2D eigenvalue weighted by atomic mass is 35.5. The van der Waals surface area contributed by atoms with E-state index in [1.54, 1.807) is 18.2 Å². The Balaban J connectivity index is 1.31. The number of amides is 1. The van der Waals surface area contributed by atoms with Crippen molar-refractivity contribution in [3.05, 3.63) is 47.0 Å². The lowest BCUT2D eigenvalue weighted by molar-refractivity contribution is -0.118. The van der Waals surface area contributed by atoms with Crippen LogP contribution in [0.15, 0.2) is 46.0 Å². The number of thioether (sulfide) groups is 1. The fourth-order valence-corrected chi connectivity index (χ4v) is 3.21. The number of benzene rings is 2. The molecule has 0 radical (unpaired) electrons. The highest BCUT2D eigenvalue weighted by Crippen LogP contribution is 2.32. The van der Waals surface area contributed by atoms with E-state index >= 15 is 0 Å². The van der Waals surface area contributed by atoms with Crippen molar-refractivity contribution in [2.75, 3.05) is 12.5 Å². The van der Waals surface area contributed by atoms with E-state index in [1.807, 2.05) is 18.2 Å². The topological polar surface area (TPSA) is 73.6 Å². The first-order chi connectivity index (χ1) is 12.2. The number of nitrogens with one attached hydrogen (secondary N) is 1. The van der Waals surface area contributed by atoms with Crippen LogP contribution >= 0.6 is 23.4 Å². The number of fused-ring (bicyclic) bond motifs is 2. The summed E-state index contributed by atoms with van der Waals surface area (Å²) in [7, 11) is 0. The molecule has 1 aliphatic heterocycles. The van der Waals surface area contributed by atoms with Gasteiger partial charge in [0.2, 0.25) is 12.7 Å². The van der Waals surface area contributed by atoms with Crippen molar-refractivity contribution in [2.24, 2.45) is 0 Å². The Hall–Kier alpha value is -2.38. The van der Waals surface area contributed by atoms with Gasteiger partial charge in [-0.05, 0) is 35.9 Å². The summed E-state index contributed by atoms with van der Waals surface area (Å²) in [4.78, 5) is 16.3. The molecule has 1 N–H and O–H groups in total. The number of rotatable bonds is 5. The van der Waals surface area contributed by atoms with E-state index in [4.69, 9.17) is 25.5 Å². The van der Waals surface area contributed by atoms with Crippen molar-refractivity contribution >= 4 is 40.4 Å². The van der Waals surface area contributed by atoms with E-state index < -0.39 is 0 Å². The van der Waals surface area contributed by atoms with E-state index in [-0.39, 0.29) is 18.5 Å². The molecule has 0 saturated heterocycles. The summed E-state index contributed by atoms with van der Waals surface area (Å²) >= 11 is 7.16. The highest BCUT2D eigenvalue weighted by Gasteiger charge is 2.14. The third kappa shape index (κ3) is 3.67. The summed E-state index contributed by atoms with van der Waals surface area (Å²) in [5.74, 6) is 1.53. The zero-order valence-electron chi connectivity index (χ0n) is 13.0. The standard InChI is InChI=1S/C17H13ClN2O4S/c18-11-2-4-13-12(6-11)20-17(24-13)25-8-16(21)19-7-10-1-3-14-15(5-10)23-9-22-14/h1-6H,7-9H2,(H,19,21). The van der Waals surface area contributed by atoms with Crippen LogP contribution in [-0.2, 0) is 11.3 Å². The van der Waals surface area contributed by atoms with Crippen LogP contribution in [0, 0.1) is 0 Å². The van der Waals surface area contributed by atoms with Gasteiger partial charge in [-0.25, -0.2) is 4.98 Å². The summed E-state index contributed by atoms with van der Waals surface area (Å²) in [5, 5.41) is 3.89. The molecule has 6 nitrogen and oxygen atoms in total. The van der Waals surface area contributed by atoms with Crippen molar-refractivity contribution < 1.29 is 18.7 Å². The molecule has 0 bridgehead atoms. The SMILES string of the molecule is O=C(CSc1nc2cc(Cl)ccc2o1)NCc1ccc2c(c1)OCO2. The Kier molecular flexibility index (Phi) is 4.42. The molecule has 25 heavy (non-hydrogen) atoms. The van der Waals surface area contributed by atoms with E-state index in [2.05, 4.69) is 10.3 Å². The largest absolute Gasteiger partial charge is 0.454 e. The van der Waals surface area contributed by atoms with Crippen LogP contribution in [0.25, 0.3) is 11.1 Å². The van der Waals surface area contributed by atoms with E-state index in [0.29, 0.717) is 33.6 Å². The van der Waals surface area contributed by atoms with Crippen LogP contribution in [0.2, 0.25) is 5.02 Å². The molecule has 0 saturated carbocycles. The molecule has 1 aromatic heterocycles. The molecule has 0 atom stereocenters. The van der Waals surface area contributed by atoms with Gasteiger partial charge in [-0.3, -0.25) is 4.79 Å². The Bertz CT molecular complexity index is 944. The lowest BCUT2D eigenvalue weighted by atomic mass is 10.2. The monoisotopic (exact) mass is 376 g/mol. The number of carbonyl (C=O) groups is 1. The average Bonchev–Trinajstić information content (AvgIpc) is 3.23. The van der Waals surface area contributed by atoms with Gasteiger partial charge in [0.25, 0.3) is 5.22 Å². The van der Waals surface area contributed by atoms with Gasteiger partial charge in [0.1, 0.15) is 5.52 Å². The van der Waals surface area contributed by atoms with Crippen molar-refractivity contribution in [3.63, 3.8) is 0 Å². The molecular formula is C17H13ClN2O4S. The second-order valence-electron chi connectivity index (χ2n) is 5.34. The number of ether oxygens (including phenoxy) is 2. The predicted octanol–water partition coefficient (Wildman–Crippen LogP) is 3.62. The fraction of sp³-hybridized carbons (Fsp3) is 0.176. The quantitative estimate of drug-likeness (QED) is 0.685. The Morgan fingerprint density at radius 3 is 3.00 bits per heavy atom. The highest BCUT2D eigenvalue weighted by molar-refractivity contribution is 7.99. The number of nitrogens with zero attached hydrogens (tertiary/aromatic N) is 1. The molecule has 0 fully saturated rings. The molecule has 4 rings (SSSR count). The molecule has 0 spiro atoms. The molecular weight excluding hydrogens is 364 g/mol. The number of oxazole rings is 1. The first-order valence-corrected chi connectivity index (χ1v) is 8.88. The molecule has 3 aromatic rings. The molecule has 0 unspecified atom stereocenters. The Morgan fingerprint density at radius 2 is 2.08 bits per heavy atom. The van der Waals surface area contributed by atoms with Gasteiger partial charge >= 0.3 is 0 Å². The third-order valence-electron chi connectivity index (χ3n) is 3.58. The lowest BCUT2D eigenvalue weighted by Crippen LogP contribution is -2.24. The minimum absolute atomic E-state index is 0.108. The smallest absolute Gasteiger partial charge is 0.257 e. The van der Waals surface area contributed by atoms with Gasteiger partial charge in [-0.2, -0.15) is 0 Å². The Labute approximate surface area is 152 Å². The third-order valence-corrected chi connectivity index (χ3v) is 4.65. The zero-order valence-corrected chi connectivity index (χ0v) is 14.5. The van der Waals surface area contributed by atoms with Crippen molar-refractivity contribution in [3.8, 4) is 11.5 Å². The first-order valence-electron chi connectivity index (χ1n) is 7.51. The van der Waals surface area contributed by atoms with Gasteiger partial charge in [0.05, 0.1) is 5.75 Å². The molecule has 8 heteroatoms. The summed E-state index contributed by atoms with van der Waals surface area (Å²) in [6, 6.07) is 10.8. The van der Waals surface area contributed by atoms with Crippen LogP contribution in [0.4, 0.5) is 0 Å². The van der Waals surface area contributed by atoms with Crippen LogP contribution in [0.1, 0.15) is 5.56 Å². The van der Waals surface area contributed by atoms with Crippen molar-refractivity contribution in [1.82, 2.24) is 10.3 Å². The van der Waals surface area contributed by atoms with Gasteiger partial charge < -0.3 is 19.2 Å². The van der Waals surface area contributed by atoms with Gasteiger partial charge in [-0.1, -0.05) is 29.4 Å². The molecule has 2 heterocycles. The number of hydrogen-bond acceptors (Lipinski definition) is 6. The lowest BCUT2D eigenvalue weighted by Gasteiger charge is -2.05. The second-order valence-corrected chi connectivity index (χ2v) is 6.71. The van der Waals surface area contributed by atoms with Gasteiger partial charge in [-0.15, -0.1) is 0 Å². The fourth-order valence-electron chi connectivity index (χ4n) is 2.37. The van der Waals surface area contributed by atoms with Crippen molar-refractivity contribution in [2.45, 2.75) is 11.8 Å². The molecule has 1 aliphatic rings. The van der Waals surface area contributed by atoms with Gasteiger partial charge in [0, 0.05) is 11.6 Å². The summed E-state index contributed by atoms with van der Waals surface area (Å²) in [6.07, 6.45) is 0. The Morgan fingerprint density at radius 1 is 1.20 bits per heavy atom. The maximum absolute atomic E-state index is 12.0. The van der Waals surface area contributed by atoms with Crippen LogP contribution < -0.4 is 14.8 Å². The van der Waals surface area contributed by atoms with Crippen LogP contribution in [-0.4, -0.2) is 23.4 Å². The van der Waals surface area contributed by atoms with Crippen LogP contribution in [0.5, 0.6) is 11.5 Å². The van der Waals surface area contributed by atoms with E-state index in [0.717, 1.165) is 11.3 Å². The molecule has 1 amide bonds. The van der Waals surface area contributed by atoms with Crippen molar-refractivity contribution in [1.29, 1.82) is 0 Å². The maximum Gasteiger partial charge on any atom is 0.257 e. The molecule has 128 valence electrons. The van der Waals surface area contributed by atoms with E-state index in [9.17, 15) is 4.79 Å². The normalized spacial score (nSPS) is 12.5. The first kappa shape index (κ1) is 16.1. The molecule has 2 aromatic carbocycles. The average molecular weight is 377 g/mol. The van der Waals surface area contributed by atoms with Crippen LogP contribution in [0.3, 0.4) is 0 Å². The predicted molar refractivity (Wildman–Crippen MR) is 94.2 cm³/mol. The minimum Gasteiger partial charge on any atom is -0.454 e. The summed E-state index contributed by atoms with van der Waals surface area (Å²) in [5.41, 5.74) is 2.27. The maximum atomic E-state index is 12.0. The number of hydrogen-bond donors (Lipinski definition) is 1. The summed E-state index contributed by atoms with van der Waals surface area (Å²) in [6.45, 7) is 0.650. The van der Waals surface area contributed by atoms with Gasteiger partial charge in [0.15, 0.2) is 17.1 Å². The number of aromatic nitrogens is 1. The number of carbonyl (C=O) groups excluding carboxylic acids is 1. The molecule has 0 aliphatic carbocycles. The second kappa shape index (κ2) is 6.85. The van der Waals surface area contributed by atoms with E-state index in [1.165, 1.54) is 11.8 Å². The minimum atomic E-state index is -0.108. The summed E-state index contributed by atoms with van der Waals surface area (Å²) < 4.78 is 16.1.